The van der Waals surface area contributed by atoms with Crippen LogP contribution in [0.25, 0.3) is 11.3 Å². The molecule has 2 aromatic rings. The number of carboxylic acid groups (broad SMARTS) is 1. The van der Waals surface area contributed by atoms with Gasteiger partial charge in [-0.1, -0.05) is 16.8 Å². The van der Waals surface area contributed by atoms with Crippen molar-refractivity contribution < 1.29 is 27.9 Å². The van der Waals surface area contributed by atoms with E-state index in [2.05, 4.69) is 14.4 Å². The zero-order valence-corrected chi connectivity index (χ0v) is 10.2. The van der Waals surface area contributed by atoms with Gasteiger partial charge in [0.15, 0.2) is 28.8 Å². The summed E-state index contributed by atoms with van der Waals surface area (Å²) in [6.45, 7) is 0. The predicted molar refractivity (Wildman–Crippen MR) is 60.4 cm³/mol. The van der Waals surface area contributed by atoms with Crippen LogP contribution in [0.15, 0.2) is 16.7 Å². The summed E-state index contributed by atoms with van der Waals surface area (Å²) in [5.74, 6) is -4.33. The number of aromatic nitrogens is 1. The highest BCUT2D eigenvalue weighted by Crippen LogP contribution is 2.36. The van der Waals surface area contributed by atoms with Crippen LogP contribution in [0.3, 0.4) is 0 Å². The highest BCUT2D eigenvalue weighted by molar-refractivity contribution is 6.31. The number of aromatic carboxylic acids is 1. The lowest BCUT2D eigenvalue weighted by molar-refractivity contribution is 0.0686. The molecule has 0 aliphatic carbocycles. The fraction of sp³-hybridized carbons (Fsp3) is 0.0909. The Morgan fingerprint density at radius 3 is 2.63 bits per heavy atom. The van der Waals surface area contributed by atoms with Crippen molar-refractivity contribution in [2.24, 2.45) is 0 Å². The minimum Gasteiger partial charge on any atom is -0.491 e. The molecule has 0 fully saturated rings. The van der Waals surface area contributed by atoms with Gasteiger partial charge in [0, 0.05) is 6.07 Å². The molecule has 1 aromatic carbocycles. The van der Waals surface area contributed by atoms with E-state index in [9.17, 15) is 13.6 Å². The first-order valence-corrected chi connectivity index (χ1v) is 5.25. The number of rotatable bonds is 3. The number of hydrogen-bond acceptors (Lipinski definition) is 4. The quantitative estimate of drug-likeness (QED) is 0.879. The van der Waals surface area contributed by atoms with Gasteiger partial charge in [-0.05, 0) is 6.07 Å². The standard InChI is InChI=1S/C11H6ClF2NO4/c1-18-10-8(13)4(2-5(12)9(10)14)7-3-6(11(16)17)15-19-7/h2-3H,1H3,(H,16,17). The van der Waals surface area contributed by atoms with Crippen LogP contribution in [0, 0.1) is 11.6 Å². The lowest BCUT2D eigenvalue weighted by Crippen LogP contribution is -1.96. The average Bonchev–Trinajstić information content (AvgIpc) is 2.84. The van der Waals surface area contributed by atoms with E-state index < -0.39 is 29.0 Å². The number of benzene rings is 1. The van der Waals surface area contributed by atoms with Gasteiger partial charge in [0.05, 0.1) is 17.7 Å². The zero-order chi connectivity index (χ0) is 14.2. The molecule has 1 aromatic heterocycles. The van der Waals surface area contributed by atoms with Gasteiger partial charge in [0.25, 0.3) is 0 Å². The van der Waals surface area contributed by atoms with Gasteiger partial charge in [-0.3, -0.25) is 0 Å². The molecular formula is C11H6ClF2NO4. The first kappa shape index (κ1) is 13.3. The van der Waals surface area contributed by atoms with Crippen molar-refractivity contribution in [2.45, 2.75) is 0 Å². The lowest BCUT2D eigenvalue weighted by Gasteiger charge is -2.07. The second-order valence-corrected chi connectivity index (χ2v) is 3.86. The van der Waals surface area contributed by atoms with Gasteiger partial charge in [-0.2, -0.15) is 0 Å². The molecule has 1 N–H and O–H groups in total. The maximum atomic E-state index is 14.0. The third kappa shape index (κ3) is 2.24. The number of ether oxygens (including phenoxy) is 1. The number of nitrogens with zero attached hydrogens (tertiary/aromatic N) is 1. The molecule has 5 nitrogen and oxygen atoms in total. The Morgan fingerprint density at radius 1 is 1.42 bits per heavy atom. The third-order valence-electron chi connectivity index (χ3n) is 2.31. The average molecular weight is 290 g/mol. The topological polar surface area (TPSA) is 72.6 Å². The monoisotopic (exact) mass is 289 g/mol. The molecule has 1 heterocycles. The summed E-state index contributed by atoms with van der Waals surface area (Å²) < 4.78 is 36.6. The number of carbonyl (C=O) groups is 1. The largest absolute Gasteiger partial charge is 0.491 e. The minimum absolute atomic E-state index is 0.199. The SMILES string of the molecule is COc1c(F)c(Cl)cc(-c2cc(C(=O)O)no2)c1F. The Bertz CT molecular complexity index is 656. The number of hydrogen-bond donors (Lipinski definition) is 1. The van der Waals surface area contributed by atoms with Crippen molar-refractivity contribution in [3.05, 3.63) is 34.5 Å². The van der Waals surface area contributed by atoms with E-state index in [1.165, 1.54) is 0 Å². The molecule has 2 rings (SSSR count). The molecule has 19 heavy (non-hydrogen) atoms. The van der Waals surface area contributed by atoms with Crippen LogP contribution >= 0.6 is 11.6 Å². The maximum Gasteiger partial charge on any atom is 0.358 e. The molecule has 0 unspecified atom stereocenters. The fourth-order valence-corrected chi connectivity index (χ4v) is 1.64. The molecule has 0 saturated heterocycles. The smallest absolute Gasteiger partial charge is 0.358 e. The van der Waals surface area contributed by atoms with Crippen molar-refractivity contribution in [3.63, 3.8) is 0 Å². The molecule has 0 radical (unpaired) electrons. The predicted octanol–water partition coefficient (Wildman–Crippen LogP) is 2.98. The Hall–Kier alpha value is -2.15. The number of methoxy groups -OCH3 is 1. The van der Waals surface area contributed by atoms with Crippen molar-refractivity contribution in [1.29, 1.82) is 0 Å². The highest BCUT2D eigenvalue weighted by atomic mass is 35.5. The maximum absolute atomic E-state index is 14.0. The lowest BCUT2D eigenvalue weighted by atomic mass is 10.1. The summed E-state index contributed by atoms with van der Waals surface area (Å²) in [5, 5.41) is 11.5. The van der Waals surface area contributed by atoms with Crippen LogP contribution in [0.4, 0.5) is 8.78 Å². The van der Waals surface area contributed by atoms with E-state index in [1.807, 2.05) is 0 Å². The summed E-state index contributed by atoms with van der Waals surface area (Å²) >= 11 is 5.59. The van der Waals surface area contributed by atoms with Crippen molar-refractivity contribution >= 4 is 17.6 Å². The molecule has 0 bridgehead atoms. The van der Waals surface area contributed by atoms with Crippen molar-refractivity contribution in [3.8, 4) is 17.1 Å². The van der Waals surface area contributed by atoms with Crippen LogP contribution in [0.5, 0.6) is 5.75 Å². The van der Waals surface area contributed by atoms with Crippen molar-refractivity contribution in [1.82, 2.24) is 5.16 Å². The molecule has 0 aliphatic heterocycles. The van der Waals surface area contributed by atoms with Crippen molar-refractivity contribution in [2.75, 3.05) is 7.11 Å². The number of halogens is 3. The second kappa shape index (κ2) is 4.85. The van der Waals surface area contributed by atoms with Crippen LogP contribution in [0.2, 0.25) is 5.02 Å². The summed E-state index contributed by atoms with van der Waals surface area (Å²) in [6.07, 6.45) is 0. The molecule has 0 amide bonds. The van der Waals surface area contributed by atoms with Gasteiger partial charge in [-0.15, -0.1) is 0 Å². The molecule has 0 atom stereocenters. The van der Waals surface area contributed by atoms with E-state index in [4.69, 9.17) is 16.7 Å². The highest BCUT2D eigenvalue weighted by Gasteiger charge is 2.23. The first-order valence-electron chi connectivity index (χ1n) is 4.87. The van der Waals surface area contributed by atoms with E-state index in [0.717, 1.165) is 19.2 Å². The summed E-state index contributed by atoms with van der Waals surface area (Å²) in [7, 11) is 1.07. The molecular weight excluding hydrogens is 284 g/mol. The Morgan fingerprint density at radius 2 is 2.11 bits per heavy atom. The molecule has 0 spiro atoms. The van der Waals surface area contributed by atoms with Gasteiger partial charge in [0.2, 0.25) is 0 Å². The van der Waals surface area contributed by atoms with Crippen LogP contribution in [0.1, 0.15) is 10.5 Å². The molecule has 0 aliphatic rings. The second-order valence-electron chi connectivity index (χ2n) is 3.45. The molecule has 0 saturated carbocycles. The summed E-state index contributed by atoms with van der Waals surface area (Å²) in [6, 6.07) is 1.95. The first-order chi connectivity index (χ1) is 8.95. The van der Waals surface area contributed by atoms with E-state index in [0.29, 0.717) is 0 Å². The minimum atomic E-state index is -1.34. The van der Waals surface area contributed by atoms with Gasteiger partial charge < -0.3 is 14.4 Å². The summed E-state index contributed by atoms with van der Waals surface area (Å²) in [5.41, 5.74) is -0.655. The molecule has 100 valence electrons. The van der Waals surface area contributed by atoms with E-state index in [-0.39, 0.29) is 16.3 Å². The van der Waals surface area contributed by atoms with Gasteiger partial charge in [-0.25, -0.2) is 13.6 Å². The third-order valence-corrected chi connectivity index (χ3v) is 2.59. The zero-order valence-electron chi connectivity index (χ0n) is 9.41. The van der Waals surface area contributed by atoms with Gasteiger partial charge in [0.1, 0.15) is 0 Å². The molecule has 8 heteroatoms. The Balaban J connectivity index is 2.61. The Kier molecular flexibility index (Phi) is 3.39. The Labute approximate surface area is 110 Å². The van der Waals surface area contributed by atoms with Gasteiger partial charge >= 0.3 is 5.97 Å². The van der Waals surface area contributed by atoms with E-state index >= 15 is 0 Å². The van der Waals surface area contributed by atoms with Crippen LogP contribution in [-0.2, 0) is 0 Å². The number of carboxylic acids is 1. The summed E-state index contributed by atoms with van der Waals surface area (Å²) in [4.78, 5) is 10.6. The normalized spacial score (nSPS) is 10.5. The van der Waals surface area contributed by atoms with Crippen LogP contribution < -0.4 is 4.74 Å². The fourth-order valence-electron chi connectivity index (χ4n) is 1.44. The van der Waals surface area contributed by atoms with E-state index in [1.54, 1.807) is 0 Å². The van der Waals surface area contributed by atoms with Crippen LogP contribution in [-0.4, -0.2) is 23.3 Å².